The van der Waals surface area contributed by atoms with Crippen molar-refractivity contribution in [2.24, 2.45) is 0 Å². The molecule has 1 heterocycles. The molecule has 0 spiro atoms. The molecule has 6 heteroatoms. The van der Waals surface area contributed by atoms with E-state index in [1.54, 1.807) is 32.5 Å². The maximum absolute atomic E-state index is 12.7. The van der Waals surface area contributed by atoms with Gasteiger partial charge in [-0.1, -0.05) is 6.07 Å². The Kier molecular flexibility index (Phi) is 5.07. The monoisotopic (exact) mass is 341 g/mol. The molecule has 3 rings (SSSR count). The van der Waals surface area contributed by atoms with Gasteiger partial charge in [0.2, 0.25) is 0 Å². The smallest absolute Gasteiger partial charge is 0.255 e. The highest BCUT2D eigenvalue weighted by molar-refractivity contribution is 5.99. The lowest BCUT2D eigenvalue weighted by Gasteiger charge is -2.17. The second-order valence-electron chi connectivity index (χ2n) is 6.13. The number of rotatable bonds is 7. The summed E-state index contributed by atoms with van der Waals surface area (Å²) in [6.45, 7) is 1.93. The molecule has 0 bridgehead atoms. The van der Waals surface area contributed by atoms with Crippen LogP contribution in [0.1, 0.15) is 41.7 Å². The predicted octanol–water partition coefficient (Wildman–Crippen LogP) is 3.16. The van der Waals surface area contributed by atoms with Gasteiger partial charge in [0.1, 0.15) is 5.82 Å². The van der Waals surface area contributed by atoms with Gasteiger partial charge in [0.25, 0.3) is 5.91 Å². The first-order valence-corrected chi connectivity index (χ1v) is 8.36. The van der Waals surface area contributed by atoms with Crippen molar-refractivity contribution in [2.45, 2.75) is 31.8 Å². The third-order valence-electron chi connectivity index (χ3n) is 4.23. The van der Waals surface area contributed by atoms with Gasteiger partial charge in [-0.15, -0.1) is 0 Å². The molecule has 2 N–H and O–H groups in total. The number of benzene rings is 1. The zero-order valence-corrected chi connectivity index (χ0v) is 14.7. The highest BCUT2D eigenvalue weighted by Gasteiger charge is 2.24. The zero-order valence-electron chi connectivity index (χ0n) is 14.7. The summed E-state index contributed by atoms with van der Waals surface area (Å²) >= 11 is 0. The van der Waals surface area contributed by atoms with Gasteiger partial charge in [0.15, 0.2) is 11.5 Å². The van der Waals surface area contributed by atoms with Crippen LogP contribution in [0, 0.1) is 0 Å². The maximum atomic E-state index is 12.7. The van der Waals surface area contributed by atoms with Gasteiger partial charge in [-0.3, -0.25) is 4.79 Å². The first-order valence-electron chi connectivity index (χ1n) is 8.36. The highest BCUT2D eigenvalue weighted by atomic mass is 16.5. The Hall–Kier alpha value is -2.76. The Balaban J connectivity index is 1.74. The van der Waals surface area contributed by atoms with E-state index < -0.39 is 0 Å². The number of carbonyl (C=O) groups is 1. The molecular formula is C19H23N3O3. The van der Waals surface area contributed by atoms with Gasteiger partial charge in [0.05, 0.1) is 25.8 Å². The van der Waals surface area contributed by atoms with E-state index in [1.165, 1.54) is 0 Å². The number of hydrogen-bond acceptors (Lipinski definition) is 5. The van der Waals surface area contributed by atoms with Crippen LogP contribution in [-0.4, -0.2) is 31.2 Å². The van der Waals surface area contributed by atoms with Crippen molar-refractivity contribution in [1.29, 1.82) is 0 Å². The third kappa shape index (κ3) is 4.02. The minimum absolute atomic E-state index is 0.154. The summed E-state index contributed by atoms with van der Waals surface area (Å²) in [6, 6.07) is 9.43. The fourth-order valence-corrected chi connectivity index (χ4v) is 2.60. The van der Waals surface area contributed by atoms with Gasteiger partial charge in [0, 0.05) is 12.2 Å². The van der Waals surface area contributed by atoms with Crippen molar-refractivity contribution < 1.29 is 14.3 Å². The molecule has 25 heavy (non-hydrogen) atoms. The molecule has 6 nitrogen and oxygen atoms in total. The SMILES string of the molecule is COc1ccc(C(C)NC(=O)c2cccnc2NC2CC2)cc1OC. The Morgan fingerprint density at radius 3 is 2.64 bits per heavy atom. The number of amides is 1. The van der Waals surface area contributed by atoms with Crippen LogP contribution >= 0.6 is 0 Å². The number of anilines is 1. The van der Waals surface area contributed by atoms with Crippen molar-refractivity contribution in [3.8, 4) is 11.5 Å². The van der Waals surface area contributed by atoms with Crippen LogP contribution in [-0.2, 0) is 0 Å². The van der Waals surface area contributed by atoms with Gasteiger partial charge in [-0.05, 0) is 49.6 Å². The van der Waals surface area contributed by atoms with E-state index in [9.17, 15) is 4.79 Å². The summed E-state index contributed by atoms with van der Waals surface area (Å²) in [5.74, 6) is 1.78. The maximum Gasteiger partial charge on any atom is 0.255 e. The molecule has 1 amide bonds. The van der Waals surface area contributed by atoms with Crippen LogP contribution in [0.2, 0.25) is 0 Å². The molecule has 1 unspecified atom stereocenters. The van der Waals surface area contributed by atoms with E-state index in [1.807, 2.05) is 25.1 Å². The van der Waals surface area contributed by atoms with Gasteiger partial charge in [-0.25, -0.2) is 4.98 Å². The minimum atomic E-state index is -0.179. The lowest BCUT2D eigenvalue weighted by Crippen LogP contribution is -2.28. The molecule has 0 radical (unpaired) electrons. The van der Waals surface area contributed by atoms with E-state index >= 15 is 0 Å². The topological polar surface area (TPSA) is 72.5 Å². The molecule has 1 atom stereocenters. The number of ether oxygens (including phenoxy) is 2. The number of nitrogens with one attached hydrogen (secondary N) is 2. The lowest BCUT2D eigenvalue weighted by atomic mass is 10.1. The average molecular weight is 341 g/mol. The van der Waals surface area contributed by atoms with Crippen molar-refractivity contribution in [2.75, 3.05) is 19.5 Å². The number of carbonyl (C=O) groups excluding carboxylic acids is 1. The Morgan fingerprint density at radius 1 is 1.20 bits per heavy atom. The Morgan fingerprint density at radius 2 is 1.96 bits per heavy atom. The molecule has 1 aliphatic carbocycles. The van der Waals surface area contributed by atoms with Gasteiger partial charge >= 0.3 is 0 Å². The average Bonchev–Trinajstić information content (AvgIpc) is 3.45. The molecule has 1 aliphatic rings. The van der Waals surface area contributed by atoms with Crippen LogP contribution in [0.5, 0.6) is 11.5 Å². The first kappa shape index (κ1) is 17.1. The Bertz CT molecular complexity index is 759. The van der Waals surface area contributed by atoms with Crippen molar-refractivity contribution in [3.63, 3.8) is 0 Å². The molecular weight excluding hydrogens is 318 g/mol. The molecule has 2 aromatic rings. The van der Waals surface area contributed by atoms with Crippen LogP contribution < -0.4 is 20.1 Å². The minimum Gasteiger partial charge on any atom is -0.493 e. The summed E-state index contributed by atoms with van der Waals surface area (Å²) < 4.78 is 10.6. The Labute approximate surface area is 147 Å². The van der Waals surface area contributed by atoms with Gasteiger partial charge in [-0.2, -0.15) is 0 Å². The number of methoxy groups -OCH3 is 2. The second kappa shape index (κ2) is 7.42. The van der Waals surface area contributed by atoms with E-state index in [4.69, 9.17) is 9.47 Å². The molecule has 132 valence electrons. The summed E-state index contributed by atoms with van der Waals surface area (Å²) in [6.07, 6.45) is 3.94. The summed E-state index contributed by atoms with van der Waals surface area (Å²) in [5.41, 5.74) is 1.49. The molecule has 1 fully saturated rings. The largest absolute Gasteiger partial charge is 0.493 e. The number of hydrogen-bond donors (Lipinski definition) is 2. The van der Waals surface area contributed by atoms with E-state index in [0.717, 1.165) is 18.4 Å². The molecule has 1 saturated carbocycles. The predicted molar refractivity (Wildman–Crippen MR) is 96.3 cm³/mol. The van der Waals surface area contributed by atoms with Gasteiger partial charge < -0.3 is 20.1 Å². The molecule has 1 aromatic carbocycles. The number of nitrogens with zero attached hydrogens (tertiary/aromatic N) is 1. The second-order valence-corrected chi connectivity index (χ2v) is 6.13. The van der Waals surface area contributed by atoms with Crippen LogP contribution in [0.4, 0.5) is 5.82 Å². The van der Waals surface area contributed by atoms with Crippen LogP contribution in [0.3, 0.4) is 0 Å². The summed E-state index contributed by atoms with van der Waals surface area (Å²) in [5, 5.41) is 6.32. The molecule has 1 aromatic heterocycles. The van der Waals surface area contributed by atoms with Crippen molar-refractivity contribution in [1.82, 2.24) is 10.3 Å². The van der Waals surface area contributed by atoms with E-state index in [0.29, 0.717) is 28.9 Å². The van der Waals surface area contributed by atoms with Crippen molar-refractivity contribution in [3.05, 3.63) is 47.7 Å². The highest BCUT2D eigenvalue weighted by Crippen LogP contribution is 2.30. The summed E-state index contributed by atoms with van der Waals surface area (Å²) in [7, 11) is 3.19. The lowest BCUT2D eigenvalue weighted by molar-refractivity contribution is 0.0940. The number of aromatic nitrogens is 1. The quantitative estimate of drug-likeness (QED) is 0.809. The summed E-state index contributed by atoms with van der Waals surface area (Å²) in [4.78, 5) is 17.0. The zero-order chi connectivity index (χ0) is 17.8. The standard InChI is InChI=1S/C19H23N3O3/c1-12(13-6-9-16(24-2)17(11-13)25-3)21-19(23)15-5-4-10-20-18(15)22-14-7-8-14/h4-6,9-12,14H,7-8H2,1-3H3,(H,20,22)(H,21,23). The normalized spacial score (nSPS) is 14.5. The fraction of sp³-hybridized carbons (Fsp3) is 0.368. The van der Waals surface area contributed by atoms with Crippen molar-refractivity contribution >= 4 is 11.7 Å². The molecule has 0 saturated heterocycles. The first-order chi connectivity index (χ1) is 12.1. The van der Waals surface area contributed by atoms with E-state index in [2.05, 4.69) is 15.6 Å². The van der Waals surface area contributed by atoms with Crippen LogP contribution in [0.15, 0.2) is 36.5 Å². The number of pyridine rings is 1. The van der Waals surface area contributed by atoms with Crippen LogP contribution in [0.25, 0.3) is 0 Å². The fourth-order valence-electron chi connectivity index (χ4n) is 2.60. The third-order valence-corrected chi connectivity index (χ3v) is 4.23. The molecule has 0 aliphatic heterocycles. The van der Waals surface area contributed by atoms with E-state index in [-0.39, 0.29) is 11.9 Å².